The van der Waals surface area contributed by atoms with Crippen LogP contribution in [0.3, 0.4) is 0 Å². The summed E-state index contributed by atoms with van der Waals surface area (Å²) in [5.41, 5.74) is 1.96. The van der Waals surface area contributed by atoms with Crippen LogP contribution in [-0.2, 0) is 12.1 Å². The van der Waals surface area contributed by atoms with Gasteiger partial charge < -0.3 is 20.2 Å². The molecule has 0 saturated carbocycles. The van der Waals surface area contributed by atoms with Crippen LogP contribution in [0.2, 0.25) is 0 Å². The Bertz CT molecular complexity index is 896. The fourth-order valence-electron chi connectivity index (χ4n) is 2.80. The normalized spacial score (nSPS) is 13.3. The van der Waals surface area contributed by atoms with Gasteiger partial charge in [-0.3, -0.25) is 4.98 Å². The first-order chi connectivity index (χ1) is 13.6. The van der Waals surface area contributed by atoms with Gasteiger partial charge >= 0.3 is 0 Å². The first-order valence-electron chi connectivity index (χ1n) is 9.37. The van der Waals surface area contributed by atoms with Crippen molar-refractivity contribution in [3.63, 3.8) is 0 Å². The zero-order valence-corrected chi connectivity index (χ0v) is 19.0. The SMILES string of the molecule is CCNC(=NCc1cccc(-c2ccccn2)c1)NCC(C)(O)c1ccco1.I. The molecule has 0 aliphatic rings. The van der Waals surface area contributed by atoms with E-state index < -0.39 is 5.60 Å². The molecule has 0 saturated heterocycles. The number of rotatable bonds is 7. The average molecular weight is 506 g/mol. The third-order valence-corrected chi connectivity index (χ3v) is 4.30. The molecule has 1 atom stereocenters. The highest BCUT2D eigenvalue weighted by molar-refractivity contribution is 14.0. The van der Waals surface area contributed by atoms with Crippen molar-refractivity contribution in [2.75, 3.05) is 13.1 Å². The minimum atomic E-state index is -1.13. The van der Waals surface area contributed by atoms with E-state index in [1.807, 2.05) is 43.3 Å². The van der Waals surface area contributed by atoms with Crippen molar-refractivity contribution in [1.82, 2.24) is 15.6 Å². The molecule has 0 spiro atoms. The summed E-state index contributed by atoms with van der Waals surface area (Å²) in [6, 6.07) is 17.6. The van der Waals surface area contributed by atoms with Crippen LogP contribution in [0.15, 0.2) is 76.5 Å². The first-order valence-corrected chi connectivity index (χ1v) is 9.37. The van der Waals surface area contributed by atoms with Crippen molar-refractivity contribution in [3.8, 4) is 11.3 Å². The Morgan fingerprint density at radius 2 is 2.00 bits per heavy atom. The number of benzene rings is 1. The Balaban J connectivity index is 0.00000300. The molecule has 1 aromatic carbocycles. The van der Waals surface area contributed by atoms with Gasteiger partial charge in [-0.1, -0.05) is 24.3 Å². The number of halogens is 1. The van der Waals surface area contributed by atoms with Gasteiger partial charge in [-0.2, -0.15) is 0 Å². The maximum Gasteiger partial charge on any atom is 0.191 e. The van der Waals surface area contributed by atoms with E-state index in [2.05, 4.69) is 26.7 Å². The van der Waals surface area contributed by atoms with E-state index in [0.29, 0.717) is 18.3 Å². The molecule has 1 unspecified atom stereocenters. The Kier molecular flexibility index (Phi) is 8.66. The number of nitrogens with zero attached hydrogens (tertiary/aromatic N) is 2. The molecule has 3 aromatic rings. The number of pyridine rings is 1. The summed E-state index contributed by atoms with van der Waals surface area (Å²) in [4.78, 5) is 9.03. The van der Waals surface area contributed by atoms with Crippen LogP contribution < -0.4 is 10.6 Å². The fraction of sp³-hybridized carbons (Fsp3) is 0.273. The van der Waals surface area contributed by atoms with Crippen molar-refractivity contribution < 1.29 is 9.52 Å². The van der Waals surface area contributed by atoms with Gasteiger partial charge in [0.2, 0.25) is 0 Å². The minimum Gasteiger partial charge on any atom is -0.466 e. The summed E-state index contributed by atoms with van der Waals surface area (Å²) in [6.07, 6.45) is 3.34. The van der Waals surface area contributed by atoms with Crippen molar-refractivity contribution in [2.45, 2.75) is 26.0 Å². The molecule has 0 bridgehead atoms. The lowest BCUT2D eigenvalue weighted by molar-refractivity contribution is 0.0386. The topological polar surface area (TPSA) is 82.7 Å². The molecule has 0 amide bonds. The number of guanidine groups is 1. The second-order valence-corrected chi connectivity index (χ2v) is 6.72. The number of hydrogen-bond acceptors (Lipinski definition) is 4. The lowest BCUT2D eigenvalue weighted by Gasteiger charge is -2.22. The highest BCUT2D eigenvalue weighted by atomic mass is 127. The van der Waals surface area contributed by atoms with E-state index in [9.17, 15) is 5.11 Å². The molecule has 0 radical (unpaired) electrons. The molecule has 29 heavy (non-hydrogen) atoms. The lowest BCUT2D eigenvalue weighted by Crippen LogP contribution is -2.44. The zero-order valence-electron chi connectivity index (χ0n) is 16.6. The molecular formula is C22H27IN4O2. The van der Waals surface area contributed by atoms with Crippen molar-refractivity contribution in [1.29, 1.82) is 0 Å². The van der Waals surface area contributed by atoms with E-state index in [-0.39, 0.29) is 30.5 Å². The second-order valence-electron chi connectivity index (χ2n) is 6.72. The number of furan rings is 1. The highest BCUT2D eigenvalue weighted by Gasteiger charge is 2.26. The third-order valence-electron chi connectivity index (χ3n) is 4.30. The summed E-state index contributed by atoms with van der Waals surface area (Å²) in [5.74, 6) is 1.15. The summed E-state index contributed by atoms with van der Waals surface area (Å²) in [6.45, 7) is 5.23. The van der Waals surface area contributed by atoms with Gasteiger partial charge in [0.1, 0.15) is 11.4 Å². The van der Waals surface area contributed by atoms with Crippen LogP contribution >= 0.6 is 24.0 Å². The monoisotopic (exact) mass is 506 g/mol. The smallest absolute Gasteiger partial charge is 0.191 e. The van der Waals surface area contributed by atoms with Gasteiger partial charge in [-0.05, 0) is 49.7 Å². The van der Waals surface area contributed by atoms with Gasteiger partial charge in [-0.25, -0.2) is 4.99 Å². The highest BCUT2D eigenvalue weighted by Crippen LogP contribution is 2.20. The third kappa shape index (κ3) is 6.57. The molecule has 0 aliphatic heterocycles. The van der Waals surface area contributed by atoms with Crippen LogP contribution in [0.4, 0.5) is 0 Å². The van der Waals surface area contributed by atoms with E-state index in [1.54, 1.807) is 31.5 Å². The molecule has 2 heterocycles. The molecule has 0 fully saturated rings. The summed E-state index contributed by atoms with van der Waals surface area (Å²) >= 11 is 0. The van der Waals surface area contributed by atoms with Gasteiger partial charge in [0.15, 0.2) is 5.96 Å². The van der Waals surface area contributed by atoms with E-state index in [0.717, 1.165) is 23.4 Å². The van der Waals surface area contributed by atoms with Crippen molar-refractivity contribution in [2.24, 2.45) is 4.99 Å². The maximum absolute atomic E-state index is 10.6. The molecule has 6 nitrogen and oxygen atoms in total. The molecular weight excluding hydrogens is 479 g/mol. The standard InChI is InChI=1S/C22H26N4O2.HI/c1-3-23-21(26-16-22(2,27)20-11-7-13-28-20)25-15-17-8-6-9-18(14-17)19-10-4-5-12-24-19;/h4-14,27H,3,15-16H2,1-2H3,(H2,23,25,26);1H. The number of aromatic nitrogens is 1. The first kappa shape index (κ1) is 22.9. The Labute approximate surface area is 188 Å². The second kappa shape index (κ2) is 11.0. The van der Waals surface area contributed by atoms with Crippen LogP contribution in [0.25, 0.3) is 11.3 Å². The molecule has 2 aromatic heterocycles. The quantitative estimate of drug-likeness (QED) is 0.257. The Morgan fingerprint density at radius 1 is 1.14 bits per heavy atom. The number of aliphatic hydroxyl groups is 1. The average Bonchev–Trinajstić information content (AvgIpc) is 3.27. The van der Waals surface area contributed by atoms with Crippen molar-refractivity contribution >= 4 is 29.9 Å². The summed E-state index contributed by atoms with van der Waals surface area (Å²) in [7, 11) is 0. The summed E-state index contributed by atoms with van der Waals surface area (Å²) < 4.78 is 5.32. The molecule has 3 N–H and O–H groups in total. The van der Waals surface area contributed by atoms with Crippen LogP contribution in [0.5, 0.6) is 0 Å². The summed E-state index contributed by atoms with van der Waals surface area (Å²) in [5, 5.41) is 17.0. The molecule has 7 heteroatoms. The van der Waals surface area contributed by atoms with Gasteiger partial charge in [0.05, 0.1) is 25.0 Å². The van der Waals surface area contributed by atoms with E-state index in [1.165, 1.54) is 0 Å². The Hall–Kier alpha value is -2.39. The minimum absolute atomic E-state index is 0. The number of nitrogens with one attached hydrogen (secondary N) is 2. The molecule has 3 rings (SSSR count). The number of aliphatic imine (C=N–C) groups is 1. The zero-order chi connectivity index (χ0) is 19.8. The lowest BCUT2D eigenvalue weighted by atomic mass is 10.0. The van der Waals surface area contributed by atoms with Gasteiger partial charge in [0.25, 0.3) is 0 Å². The van der Waals surface area contributed by atoms with Crippen molar-refractivity contribution in [3.05, 3.63) is 78.4 Å². The van der Waals surface area contributed by atoms with E-state index in [4.69, 9.17) is 4.42 Å². The van der Waals surface area contributed by atoms with Crippen LogP contribution in [-0.4, -0.2) is 29.1 Å². The van der Waals surface area contributed by atoms with Gasteiger partial charge in [-0.15, -0.1) is 24.0 Å². The van der Waals surface area contributed by atoms with Crippen LogP contribution in [0.1, 0.15) is 25.2 Å². The van der Waals surface area contributed by atoms with E-state index >= 15 is 0 Å². The maximum atomic E-state index is 10.6. The predicted molar refractivity (Wildman–Crippen MR) is 126 cm³/mol. The predicted octanol–water partition coefficient (Wildman–Crippen LogP) is 3.92. The number of hydrogen-bond donors (Lipinski definition) is 3. The Morgan fingerprint density at radius 3 is 2.69 bits per heavy atom. The molecule has 154 valence electrons. The van der Waals surface area contributed by atoms with Crippen LogP contribution in [0, 0.1) is 0 Å². The fourth-order valence-corrected chi connectivity index (χ4v) is 2.80. The van der Waals surface area contributed by atoms with Gasteiger partial charge in [0, 0.05) is 18.3 Å². The largest absolute Gasteiger partial charge is 0.466 e. The molecule has 0 aliphatic carbocycles.